The van der Waals surface area contributed by atoms with Crippen LogP contribution in [0.5, 0.6) is 0 Å². The molecule has 0 bridgehead atoms. The van der Waals surface area contributed by atoms with Crippen LogP contribution in [0.4, 0.5) is 0 Å². The fraction of sp³-hybridized carbons (Fsp3) is 1.00. The summed E-state index contributed by atoms with van der Waals surface area (Å²) in [4.78, 5) is 0. The first kappa shape index (κ1) is 11.9. The van der Waals surface area contributed by atoms with Crippen molar-refractivity contribution >= 4 is 34.8 Å². The van der Waals surface area contributed by atoms with Gasteiger partial charge < -0.3 is 0 Å². The standard InChI is InChI=1S/C8H15Cl3/c1-3-6(2)8(11)4-7(10)5-9/h6-8H,3-5H2,1-2H3. The van der Waals surface area contributed by atoms with Crippen molar-refractivity contribution in [1.29, 1.82) is 0 Å². The van der Waals surface area contributed by atoms with Crippen molar-refractivity contribution < 1.29 is 0 Å². The second kappa shape index (κ2) is 6.39. The lowest BCUT2D eigenvalue weighted by Crippen LogP contribution is -2.16. The molecular formula is C8H15Cl3. The number of rotatable bonds is 5. The quantitative estimate of drug-likeness (QED) is 0.613. The molecule has 0 aliphatic heterocycles. The summed E-state index contributed by atoms with van der Waals surface area (Å²) in [5.74, 6) is 1.02. The summed E-state index contributed by atoms with van der Waals surface area (Å²) in [6.45, 7) is 4.26. The Balaban J connectivity index is 3.58. The zero-order valence-electron chi connectivity index (χ0n) is 6.99. The summed E-state index contributed by atoms with van der Waals surface area (Å²) >= 11 is 17.5. The molecule has 0 saturated heterocycles. The Kier molecular flexibility index (Phi) is 6.90. The monoisotopic (exact) mass is 216 g/mol. The van der Waals surface area contributed by atoms with E-state index in [-0.39, 0.29) is 10.8 Å². The van der Waals surface area contributed by atoms with Crippen molar-refractivity contribution in [2.75, 3.05) is 5.88 Å². The van der Waals surface area contributed by atoms with Crippen LogP contribution in [0.15, 0.2) is 0 Å². The van der Waals surface area contributed by atoms with Gasteiger partial charge in [-0.1, -0.05) is 20.3 Å². The molecule has 0 rings (SSSR count). The second-order valence-corrected chi connectivity index (χ2v) is 4.38. The van der Waals surface area contributed by atoms with Crippen molar-refractivity contribution in [3.8, 4) is 0 Å². The molecule has 0 heterocycles. The summed E-state index contributed by atoms with van der Waals surface area (Å²) in [6, 6.07) is 0. The molecule has 68 valence electrons. The Labute approximate surface area is 84.2 Å². The lowest BCUT2D eigenvalue weighted by molar-refractivity contribution is 0.503. The predicted octanol–water partition coefficient (Wildman–Crippen LogP) is 3.88. The molecule has 0 aliphatic rings. The first-order chi connectivity index (χ1) is 5.11. The highest BCUT2D eigenvalue weighted by Crippen LogP contribution is 2.21. The largest absolute Gasteiger partial charge is 0.125 e. The van der Waals surface area contributed by atoms with Crippen LogP contribution in [0, 0.1) is 5.92 Å². The summed E-state index contributed by atoms with van der Waals surface area (Å²) in [5.41, 5.74) is 0. The summed E-state index contributed by atoms with van der Waals surface area (Å²) in [7, 11) is 0. The fourth-order valence-corrected chi connectivity index (χ4v) is 1.60. The van der Waals surface area contributed by atoms with Gasteiger partial charge in [-0.05, 0) is 12.3 Å². The van der Waals surface area contributed by atoms with Gasteiger partial charge in [-0.25, -0.2) is 0 Å². The van der Waals surface area contributed by atoms with Crippen LogP contribution in [0.2, 0.25) is 0 Å². The van der Waals surface area contributed by atoms with Crippen LogP contribution in [-0.2, 0) is 0 Å². The van der Waals surface area contributed by atoms with E-state index in [1.807, 2.05) is 0 Å². The first-order valence-corrected chi connectivity index (χ1v) is 5.36. The summed E-state index contributed by atoms with van der Waals surface area (Å²) in [6.07, 6.45) is 1.90. The van der Waals surface area contributed by atoms with Crippen LogP contribution in [0.3, 0.4) is 0 Å². The first-order valence-electron chi connectivity index (χ1n) is 3.95. The minimum atomic E-state index is 0.0215. The van der Waals surface area contributed by atoms with Crippen LogP contribution < -0.4 is 0 Å². The number of hydrogen-bond acceptors (Lipinski definition) is 0. The maximum atomic E-state index is 6.06. The van der Waals surface area contributed by atoms with Crippen molar-refractivity contribution in [3.05, 3.63) is 0 Å². The van der Waals surface area contributed by atoms with Gasteiger partial charge in [-0.3, -0.25) is 0 Å². The molecule has 0 aromatic rings. The van der Waals surface area contributed by atoms with E-state index in [4.69, 9.17) is 34.8 Å². The van der Waals surface area contributed by atoms with Crippen molar-refractivity contribution in [2.45, 2.75) is 37.4 Å². The van der Waals surface area contributed by atoms with Gasteiger partial charge >= 0.3 is 0 Å². The third-order valence-electron chi connectivity index (χ3n) is 1.91. The average molecular weight is 218 g/mol. The summed E-state index contributed by atoms with van der Waals surface area (Å²) in [5, 5.41) is 0.189. The van der Waals surface area contributed by atoms with Crippen LogP contribution in [0.25, 0.3) is 0 Å². The van der Waals surface area contributed by atoms with Gasteiger partial charge in [0.2, 0.25) is 0 Å². The lowest BCUT2D eigenvalue weighted by atomic mass is 10.0. The van der Waals surface area contributed by atoms with Gasteiger partial charge in [0.05, 0.1) is 0 Å². The van der Waals surface area contributed by atoms with E-state index in [0.717, 1.165) is 12.8 Å². The Bertz CT molecular complexity index is 95.3. The van der Waals surface area contributed by atoms with E-state index in [9.17, 15) is 0 Å². The lowest BCUT2D eigenvalue weighted by Gasteiger charge is -2.17. The molecule has 3 atom stereocenters. The molecule has 11 heavy (non-hydrogen) atoms. The van der Waals surface area contributed by atoms with Gasteiger partial charge in [-0.15, -0.1) is 34.8 Å². The molecule has 0 aromatic carbocycles. The SMILES string of the molecule is CCC(C)C(Cl)CC(Cl)CCl. The van der Waals surface area contributed by atoms with E-state index in [2.05, 4.69) is 13.8 Å². The topological polar surface area (TPSA) is 0 Å². The average Bonchev–Trinajstić information content (AvgIpc) is 2.02. The van der Waals surface area contributed by atoms with Gasteiger partial charge in [0.1, 0.15) is 0 Å². The Hall–Kier alpha value is 0.870. The maximum Gasteiger partial charge on any atom is 0.0485 e. The molecule has 0 radical (unpaired) electrons. The van der Waals surface area contributed by atoms with Crippen LogP contribution in [-0.4, -0.2) is 16.6 Å². The zero-order chi connectivity index (χ0) is 8.85. The molecule has 0 amide bonds. The Morgan fingerprint density at radius 2 is 1.82 bits per heavy atom. The number of alkyl halides is 3. The molecule has 0 fully saturated rings. The van der Waals surface area contributed by atoms with Gasteiger partial charge in [-0.2, -0.15) is 0 Å². The van der Waals surface area contributed by atoms with E-state index in [1.165, 1.54) is 0 Å². The molecule has 0 nitrogen and oxygen atoms in total. The predicted molar refractivity (Wildman–Crippen MR) is 54.1 cm³/mol. The van der Waals surface area contributed by atoms with Crippen molar-refractivity contribution in [3.63, 3.8) is 0 Å². The molecule has 3 unspecified atom stereocenters. The minimum absolute atomic E-state index is 0.0215. The molecule has 0 aromatic heterocycles. The molecule has 0 saturated carbocycles. The van der Waals surface area contributed by atoms with Gasteiger partial charge in [0.25, 0.3) is 0 Å². The van der Waals surface area contributed by atoms with E-state index in [0.29, 0.717) is 11.8 Å². The minimum Gasteiger partial charge on any atom is -0.125 e. The molecule has 0 spiro atoms. The van der Waals surface area contributed by atoms with Gasteiger partial charge in [0, 0.05) is 16.6 Å². The Morgan fingerprint density at radius 3 is 2.18 bits per heavy atom. The number of hydrogen-bond donors (Lipinski definition) is 0. The highest BCUT2D eigenvalue weighted by Gasteiger charge is 2.16. The van der Waals surface area contributed by atoms with Crippen molar-refractivity contribution in [1.82, 2.24) is 0 Å². The maximum absolute atomic E-state index is 6.06. The van der Waals surface area contributed by atoms with Crippen LogP contribution in [0.1, 0.15) is 26.7 Å². The number of halogens is 3. The highest BCUT2D eigenvalue weighted by atomic mass is 35.5. The molecule has 3 heteroatoms. The van der Waals surface area contributed by atoms with E-state index >= 15 is 0 Å². The normalized spacial score (nSPS) is 19.4. The van der Waals surface area contributed by atoms with E-state index in [1.54, 1.807) is 0 Å². The van der Waals surface area contributed by atoms with Gasteiger partial charge in [0.15, 0.2) is 0 Å². The van der Waals surface area contributed by atoms with Crippen molar-refractivity contribution in [2.24, 2.45) is 5.92 Å². The Morgan fingerprint density at radius 1 is 1.27 bits per heavy atom. The summed E-state index contributed by atoms with van der Waals surface area (Å²) < 4.78 is 0. The fourth-order valence-electron chi connectivity index (χ4n) is 0.795. The highest BCUT2D eigenvalue weighted by molar-refractivity contribution is 6.28. The van der Waals surface area contributed by atoms with E-state index < -0.39 is 0 Å². The second-order valence-electron chi connectivity index (χ2n) is 2.89. The zero-order valence-corrected chi connectivity index (χ0v) is 9.26. The smallest absolute Gasteiger partial charge is 0.0485 e. The van der Waals surface area contributed by atoms with Crippen LogP contribution >= 0.6 is 34.8 Å². The molecule has 0 aliphatic carbocycles. The molecule has 0 N–H and O–H groups in total. The third-order valence-corrected chi connectivity index (χ3v) is 3.38. The molecular weight excluding hydrogens is 202 g/mol. The third kappa shape index (κ3) is 5.16.